The molecule has 2 N–H and O–H groups in total. The average molecular weight is 287 g/mol. The zero-order chi connectivity index (χ0) is 14.0. The number of hydrogen-bond donors (Lipinski definition) is 2. The van der Waals surface area contributed by atoms with Crippen LogP contribution in [-0.2, 0) is 4.79 Å². The molecule has 1 saturated heterocycles. The maximum absolute atomic E-state index is 13.6. The number of rotatable bonds is 2. The summed E-state index contributed by atoms with van der Waals surface area (Å²) in [6.45, 7) is 0.338. The Morgan fingerprint density at radius 2 is 2.21 bits per heavy atom. The van der Waals surface area contributed by atoms with E-state index in [-0.39, 0.29) is 10.7 Å². The molecule has 1 atom stereocenters. The van der Waals surface area contributed by atoms with Gasteiger partial charge in [0.1, 0.15) is 6.04 Å². The van der Waals surface area contributed by atoms with Gasteiger partial charge in [0, 0.05) is 6.54 Å². The molecule has 1 heterocycles. The van der Waals surface area contributed by atoms with E-state index in [0.717, 1.165) is 0 Å². The van der Waals surface area contributed by atoms with Gasteiger partial charge in [-0.05, 0) is 25.0 Å². The fraction of sp³-hybridized carbons (Fsp3) is 0.333. The highest BCUT2D eigenvalue weighted by Crippen LogP contribution is 2.24. The maximum Gasteiger partial charge on any atom is 0.326 e. The predicted octanol–water partition coefficient (Wildman–Crippen LogP) is 2.56. The van der Waals surface area contributed by atoms with Crippen LogP contribution in [-0.4, -0.2) is 34.6 Å². The molecule has 1 aliphatic heterocycles. The minimum absolute atomic E-state index is 0.0615. The van der Waals surface area contributed by atoms with Crippen LogP contribution in [0.3, 0.4) is 0 Å². The van der Waals surface area contributed by atoms with Crippen LogP contribution in [0.2, 0.25) is 5.02 Å². The molecule has 19 heavy (non-hydrogen) atoms. The van der Waals surface area contributed by atoms with Crippen molar-refractivity contribution in [3.63, 3.8) is 0 Å². The third-order valence-corrected chi connectivity index (χ3v) is 3.28. The first kappa shape index (κ1) is 13.6. The molecule has 0 radical (unpaired) electrons. The van der Waals surface area contributed by atoms with E-state index in [0.29, 0.717) is 19.4 Å². The summed E-state index contributed by atoms with van der Waals surface area (Å²) in [5.41, 5.74) is -0.0615. The van der Waals surface area contributed by atoms with Crippen molar-refractivity contribution < 1.29 is 19.1 Å². The molecule has 1 aliphatic rings. The highest BCUT2D eigenvalue weighted by molar-refractivity contribution is 6.31. The number of carboxylic acids is 1. The number of benzene rings is 1. The predicted molar refractivity (Wildman–Crippen MR) is 67.8 cm³/mol. The van der Waals surface area contributed by atoms with Gasteiger partial charge in [-0.2, -0.15) is 0 Å². The molecule has 0 aromatic heterocycles. The number of carbonyl (C=O) groups is 2. The summed E-state index contributed by atoms with van der Waals surface area (Å²) in [6, 6.07) is 2.74. The van der Waals surface area contributed by atoms with Crippen LogP contribution in [0.4, 0.5) is 14.9 Å². The fourth-order valence-corrected chi connectivity index (χ4v) is 2.23. The van der Waals surface area contributed by atoms with E-state index in [9.17, 15) is 14.0 Å². The second kappa shape index (κ2) is 5.44. The Kier molecular flexibility index (Phi) is 3.90. The lowest BCUT2D eigenvalue weighted by Crippen LogP contribution is -2.42. The normalized spacial score (nSPS) is 18.4. The lowest BCUT2D eigenvalue weighted by Gasteiger charge is -2.22. The fourth-order valence-electron chi connectivity index (χ4n) is 2.05. The monoisotopic (exact) mass is 286 g/mol. The zero-order valence-electron chi connectivity index (χ0n) is 9.90. The molecule has 0 bridgehead atoms. The summed E-state index contributed by atoms with van der Waals surface area (Å²) >= 11 is 5.60. The van der Waals surface area contributed by atoms with Crippen LogP contribution in [0.15, 0.2) is 18.2 Å². The topological polar surface area (TPSA) is 69.6 Å². The smallest absolute Gasteiger partial charge is 0.326 e. The maximum atomic E-state index is 13.6. The van der Waals surface area contributed by atoms with Crippen LogP contribution in [0.1, 0.15) is 12.8 Å². The summed E-state index contributed by atoms with van der Waals surface area (Å²) in [5.74, 6) is -1.79. The number of carbonyl (C=O) groups excluding carboxylic acids is 1. The second-order valence-electron chi connectivity index (χ2n) is 4.22. The molecule has 0 aliphatic carbocycles. The molecule has 1 fully saturated rings. The molecule has 1 aromatic rings. The van der Waals surface area contributed by atoms with E-state index in [1.807, 2.05) is 0 Å². The first-order chi connectivity index (χ1) is 9.00. The van der Waals surface area contributed by atoms with E-state index >= 15 is 0 Å². The van der Waals surface area contributed by atoms with Gasteiger partial charge in [0.2, 0.25) is 0 Å². The summed E-state index contributed by atoms with van der Waals surface area (Å²) in [7, 11) is 0. The van der Waals surface area contributed by atoms with Crippen molar-refractivity contribution in [3.05, 3.63) is 29.0 Å². The van der Waals surface area contributed by atoms with E-state index in [4.69, 9.17) is 16.7 Å². The molecule has 1 aromatic carbocycles. The van der Waals surface area contributed by atoms with E-state index in [2.05, 4.69) is 5.32 Å². The number of anilines is 1. The number of carboxylic acid groups (broad SMARTS) is 1. The van der Waals surface area contributed by atoms with Crippen molar-refractivity contribution in [2.24, 2.45) is 0 Å². The van der Waals surface area contributed by atoms with Gasteiger partial charge in [-0.1, -0.05) is 17.7 Å². The third-order valence-electron chi connectivity index (χ3n) is 2.99. The van der Waals surface area contributed by atoms with Gasteiger partial charge in [-0.25, -0.2) is 14.0 Å². The van der Waals surface area contributed by atoms with Crippen molar-refractivity contribution in [3.8, 4) is 0 Å². The van der Waals surface area contributed by atoms with Gasteiger partial charge >= 0.3 is 12.0 Å². The minimum atomic E-state index is -1.06. The van der Waals surface area contributed by atoms with Gasteiger partial charge in [0.25, 0.3) is 0 Å². The number of hydrogen-bond acceptors (Lipinski definition) is 2. The SMILES string of the molecule is O=C(O)C1CCCN1C(=O)Nc1cccc(Cl)c1F. The quantitative estimate of drug-likeness (QED) is 0.878. The lowest BCUT2D eigenvalue weighted by atomic mass is 10.2. The second-order valence-corrected chi connectivity index (χ2v) is 4.63. The average Bonchev–Trinajstić information content (AvgIpc) is 2.84. The van der Waals surface area contributed by atoms with E-state index in [1.54, 1.807) is 0 Å². The summed E-state index contributed by atoms with van der Waals surface area (Å²) in [6.07, 6.45) is 1.02. The number of halogens is 2. The number of aliphatic carboxylic acids is 1. The largest absolute Gasteiger partial charge is 0.480 e. The Morgan fingerprint density at radius 3 is 2.89 bits per heavy atom. The zero-order valence-corrected chi connectivity index (χ0v) is 10.7. The molecular formula is C12H12ClFN2O3. The molecular weight excluding hydrogens is 275 g/mol. The molecule has 2 rings (SSSR count). The van der Waals surface area contributed by atoms with Crippen molar-refractivity contribution in [1.29, 1.82) is 0 Å². The van der Waals surface area contributed by atoms with E-state index < -0.39 is 23.9 Å². The van der Waals surface area contributed by atoms with Crippen LogP contribution >= 0.6 is 11.6 Å². The van der Waals surface area contributed by atoms with E-state index in [1.165, 1.54) is 23.1 Å². The first-order valence-electron chi connectivity index (χ1n) is 5.75. The molecule has 0 spiro atoms. The number of nitrogens with zero attached hydrogens (tertiary/aromatic N) is 1. The van der Waals surface area contributed by atoms with Gasteiger partial charge < -0.3 is 15.3 Å². The van der Waals surface area contributed by atoms with Crippen molar-refractivity contribution >= 4 is 29.3 Å². The summed E-state index contributed by atoms with van der Waals surface area (Å²) in [5, 5.41) is 11.2. The van der Waals surface area contributed by atoms with Gasteiger partial charge in [-0.3, -0.25) is 0 Å². The van der Waals surface area contributed by atoms with Crippen molar-refractivity contribution in [1.82, 2.24) is 4.90 Å². The summed E-state index contributed by atoms with van der Waals surface area (Å²) in [4.78, 5) is 24.1. The Morgan fingerprint density at radius 1 is 1.47 bits per heavy atom. The van der Waals surface area contributed by atoms with Crippen LogP contribution in [0.5, 0.6) is 0 Å². The Hall–Kier alpha value is -1.82. The molecule has 5 nitrogen and oxygen atoms in total. The Balaban J connectivity index is 2.13. The van der Waals surface area contributed by atoms with Crippen LogP contribution < -0.4 is 5.32 Å². The number of amides is 2. The van der Waals surface area contributed by atoms with Gasteiger partial charge in [0.05, 0.1) is 10.7 Å². The Labute approximate surface area is 114 Å². The van der Waals surface area contributed by atoms with Crippen LogP contribution in [0, 0.1) is 5.82 Å². The minimum Gasteiger partial charge on any atom is -0.480 e. The lowest BCUT2D eigenvalue weighted by molar-refractivity contribution is -0.141. The van der Waals surface area contributed by atoms with Gasteiger partial charge in [-0.15, -0.1) is 0 Å². The number of likely N-dealkylation sites (tertiary alicyclic amines) is 1. The molecule has 2 amide bonds. The molecule has 102 valence electrons. The van der Waals surface area contributed by atoms with Gasteiger partial charge in [0.15, 0.2) is 5.82 Å². The van der Waals surface area contributed by atoms with Crippen molar-refractivity contribution in [2.45, 2.75) is 18.9 Å². The summed E-state index contributed by atoms with van der Waals surface area (Å²) < 4.78 is 13.6. The molecule has 0 saturated carbocycles. The first-order valence-corrected chi connectivity index (χ1v) is 6.13. The number of urea groups is 1. The van der Waals surface area contributed by atoms with Crippen molar-refractivity contribution in [2.75, 3.05) is 11.9 Å². The highest BCUT2D eigenvalue weighted by atomic mass is 35.5. The third kappa shape index (κ3) is 2.78. The Bertz CT molecular complexity index is 524. The number of nitrogens with one attached hydrogen (secondary N) is 1. The standard InChI is InChI=1S/C12H12ClFN2O3/c13-7-3-1-4-8(10(7)14)15-12(19)16-6-2-5-9(16)11(17)18/h1,3-4,9H,2,5-6H2,(H,15,19)(H,17,18). The highest BCUT2D eigenvalue weighted by Gasteiger charge is 2.34. The molecule has 1 unspecified atom stereocenters. The van der Waals surface area contributed by atoms with Crippen LogP contribution in [0.25, 0.3) is 0 Å². The molecule has 7 heteroatoms.